The van der Waals surface area contributed by atoms with E-state index in [9.17, 15) is 14.9 Å². The number of amides is 1. The molecular formula is C13H15BrN2O3. The van der Waals surface area contributed by atoms with Crippen molar-refractivity contribution in [2.24, 2.45) is 5.92 Å². The summed E-state index contributed by atoms with van der Waals surface area (Å²) < 4.78 is 0.581. The summed E-state index contributed by atoms with van der Waals surface area (Å²) in [7, 11) is 1.75. The van der Waals surface area contributed by atoms with Crippen molar-refractivity contribution in [1.29, 1.82) is 0 Å². The molecule has 19 heavy (non-hydrogen) atoms. The first-order valence-corrected chi connectivity index (χ1v) is 6.92. The number of hydrogen-bond donors (Lipinski definition) is 0. The molecule has 0 bridgehead atoms. The van der Waals surface area contributed by atoms with Gasteiger partial charge in [-0.2, -0.15) is 0 Å². The Balaban J connectivity index is 2.26. The first-order chi connectivity index (χ1) is 8.91. The van der Waals surface area contributed by atoms with Gasteiger partial charge in [0.15, 0.2) is 0 Å². The first kappa shape index (κ1) is 14.0. The molecule has 6 heteroatoms. The number of rotatable bonds is 4. The molecular weight excluding hydrogens is 312 g/mol. The number of carbonyl (C=O) groups is 1. The molecule has 0 heterocycles. The second kappa shape index (κ2) is 5.28. The molecule has 1 atom stereocenters. The quantitative estimate of drug-likeness (QED) is 0.630. The lowest BCUT2D eigenvalue weighted by atomic mass is 10.1. The van der Waals surface area contributed by atoms with Crippen LogP contribution >= 0.6 is 15.9 Å². The number of nitro groups is 1. The summed E-state index contributed by atoms with van der Waals surface area (Å²) in [6, 6.07) is 4.41. The van der Waals surface area contributed by atoms with Crippen LogP contribution in [0, 0.1) is 16.0 Å². The fraction of sp³-hybridized carbons (Fsp3) is 0.462. The maximum atomic E-state index is 12.4. The van der Waals surface area contributed by atoms with Crippen molar-refractivity contribution >= 4 is 27.5 Å². The summed E-state index contributed by atoms with van der Waals surface area (Å²) in [5.74, 6) is 0.376. The third-order valence-electron chi connectivity index (χ3n) is 3.63. The van der Waals surface area contributed by atoms with Crippen molar-refractivity contribution in [3.8, 4) is 0 Å². The predicted molar refractivity (Wildman–Crippen MR) is 75.1 cm³/mol. The fourth-order valence-corrected chi connectivity index (χ4v) is 2.48. The molecule has 102 valence electrons. The van der Waals surface area contributed by atoms with E-state index in [1.807, 2.05) is 6.92 Å². The zero-order valence-corrected chi connectivity index (χ0v) is 12.4. The molecule has 0 aromatic heterocycles. The van der Waals surface area contributed by atoms with Crippen molar-refractivity contribution in [3.63, 3.8) is 0 Å². The van der Waals surface area contributed by atoms with Gasteiger partial charge in [0.1, 0.15) is 0 Å². The molecule has 1 fully saturated rings. The number of carbonyl (C=O) groups excluding carboxylic acids is 1. The normalized spacial score (nSPS) is 15.9. The zero-order valence-electron chi connectivity index (χ0n) is 10.8. The Hall–Kier alpha value is -1.43. The number of nitrogens with zero attached hydrogens (tertiary/aromatic N) is 2. The van der Waals surface area contributed by atoms with Gasteiger partial charge >= 0.3 is 0 Å². The average Bonchev–Trinajstić information content (AvgIpc) is 3.20. The first-order valence-electron chi connectivity index (χ1n) is 6.13. The third-order valence-corrected chi connectivity index (χ3v) is 4.32. The van der Waals surface area contributed by atoms with Crippen LogP contribution in [-0.2, 0) is 0 Å². The molecule has 0 radical (unpaired) electrons. The average molecular weight is 327 g/mol. The smallest absolute Gasteiger partial charge is 0.270 e. The van der Waals surface area contributed by atoms with Gasteiger partial charge in [-0.25, -0.2) is 0 Å². The summed E-state index contributed by atoms with van der Waals surface area (Å²) in [4.78, 5) is 24.3. The van der Waals surface area contributed by atoms with E-state index in [-0.39, 0.29) is 17.6 Å². The van der Waals surface area contributed by atoms with E-state index in [2.05, 4.69) is 15.9 Å². The predicted octanol–water partition coefficient (Wildman–Crippen LogP) is 3.23. The lowest BCUT2D eigenvalue weighted by Crippen LogP contribution is -2.36. The van der Waals surface area contributed by atoms with Gasteiger partial charge < -0.3 is 4.90 Å². The highest BCUT2D eigenvalue weighted by molar-refractivity contribution is 9.10. The molecule has 1 aromatic carbocycles. The Morgan fingerprint density at radius 2 is 2.16 bits per heavy atom. The van der Waals surface area contributed by atoms with E-state index in [1.165, 1.54) is 12.1 Å². The van der Waals surface area contributed by atoms with Gasteiger partial charge in [0.25, 0.3) is 11.6 Å². The van der Waals surface area contributed by atoms with Gasteiger partial charge in [0.2, 0.25) is 0 Å². The number of halogens is 1. The Morgan fingerprint density at radius 1 is 1.53 bits per heavy atom. The molecule has 1 unspecified atom stereocenters. The summed E-state index contributed by atoms with van der Waals surface area (Å²) in [6.45, 7) is 2.01. The van der Waals surface area contributed by atoms with Crippen molar-refractivity contribution < 1.29 is 9.72 Å². The monoisotopic (exact) mass is 326 g/mol. The zero-order chi connectivity index (χ0) is 14.2. The van der Waals surface area contributed by atoms with Gasteiger partial charge in [-0.15, -0.1) is 0 Å². The topological polar surface area (TPSA) is 63.5 Å². The molecule has 0 aliphatic heterocycles. The van der Waals surface area contributed by atoms with Gasteiger partial charge in [0.05, 0.1) is 10.5 Å². The highest BCUT2D eigenvalue weighted by atomic mass is 79.9. The molecule has 1 aliphatic rings. The van der Waals surface area contributed by atoms with Crippen LogP contribution in [0.3, 0.4) is 0 Å². The fourth-order valence-electron chi connectivity index (χ4n) is 2.06. The summed E-state index contributed by atoms with van der Waals surface area (Å²) in [6.07, 6.45) is 2.30. The largest absolute Gasteiger partial charge is 0.339 e. The molecule has 1 aliphatic carbocycles. The summed E-state index contributed by atoms with van der Waals surface area (Å²) >= 11 is 3.28. The molecule has 5 nitrogen and oxygen atoms in total. The van der Waals surface area contributed by atoms with Crippen LogP contribution in [0.25, 0.3) is 0 Å². The Morgan fingerprint density at radius 3 is 2.68 bits per heavy atom. The minimum Gasteiger partial charge on any atom is -0.339 e. The third kappa shape index (κ3) is 2.94. The second-order valence-electron chi connectivity index (χ2n) is 4.92. The Bertz CT molecular complexity index is 529. The Labute approximate surface area is 119 Å². The minimum atomic E-state index is -0.493. The number of non-ortho nitro benzene ring substituents is 1. The van der Waals surface area contributed by atoms with Crippen LogP contribution in [0.1, 0.15) is 30.1 Å². The number of nitro benzene ring substituents is 1. The van der Waals surface area contributed by atoms with Crippen molar-refractivity contribution in [3.05, 3.63) is 38.3 Å². The van der Waals surface area contributed by atoms with E-state index in [1.54, 1.807) is 18.0 Å². The second-order valence-corrected chi connectivity index (χ2v) is 5.77. The van der Waals surface area contributed by atoms with Crippen LogP contribution in [0.15, 0.2) is 22.7 Å². The standard InChI is InChI=1S/C13H15BrN2O3/c1-8(9-3-4-9)15(2)13(17)11-7-10(16(18)19)5-6-12(11)14/h5-9H,3-4H2,1-2H3. The Kier molecular flexibility index (Phi) is 3.89. The van der Waals surface area contributed by atoms with Gasteiger partial charge in [0, 0.05) is 29.7 Å². The molecule has 1 saturated carbocycles. The van der Waals surface area contributed by atoms with Crippen molar-refractivity contribution in [1.82, 2.24) is 4.90 Å². The highest BCUT2D eigenvalue weighted by Gasteiger charge is 2.33. The van der Waals surface area contributed by atoms with Crippen molar-refractivity contribution in [2.45, 2.75) is 25.8 Å². The van der Waals surface area contributed by atoms with Gasteiger partial charge in [-0.3, -0.25) is 14.9 Å². The van der Waals surface area contributed by atoms with Crippen LogP contribution in [0.5, 0.6) is 0 Å². The van der Waals surface area contributed by atoms with E-state index >= 15 is 0 Å². The van der Waals surface area contributed by atoms with Crippen LogP contribution in [0.2, 0.25) is 0 Å². The van der Waals surface area contributed by atoms with Crippen LogP contribution < -0.4 is 0 Å². The maximum Gasteiger partial charge on any atom is 0.270 e. The molecule has 0 saturated heterocycles. The van der Waals surface area contributed by atoms with Crippen LogP contribution in [-0.4, -0.2) is 28.8 Å². The number of hydrogen-bond acceptors (Lipinski definition) is 3. The van der Waals surface area contributed by atoms with Crippen LogP contribution in [0.4, 0.5) is 5.69 Å². The number of benzene rings is 1. The van der Waals surface area contributed by atoms with E-state index < -0.39 is 4.92 Å². The van der Waals surface area contributed by atoms with E-state index in [0.29, 0.717) is 16.0 Å². The van der Waals surface area contributed by atoms with Crippen molar-refractivity contribution in [2.75, 3.05) is 7.05 Å². The molecule has 0 spiro atoms. The van der Waals surface area contributed by atoms with Gasteiger partial charge in [-0.05, 0) is 47.7 Å². The highest BCUT2D eigenvalue weighted by Crippen LogP contribution is 2.35. The summed E-state index contributed by atoms with van der Waals surface area (Å²) in [5, 5.41) is 10.8. The van der Waals surface area contributed by atoms with E-state index in [4.69, 9.17) is 0 Å². The maximum absolute atomic E-state index is 12.4. The lowest BCUT2D eigenvalue weighted by molar-refractivity contribution is -0.384. The SMILES string of the molecule is CC(C1CC1)N(C)C(=O)c1cc([N+](=O)[O-])ccc1Br. The van der Waals surface area contributed by atoms with Gasteiger partial charge in [-0.1, -0.05) is 0 Å². The van der Waals surface area contributed by atoms with E-state index in [0.717, 1.165) is 12.8 Å². The lowest BCUT2D eigenvalue weighted by Gasteiger charge is -2.25. The molecule has 1 aromatic rings. The molecule has 1 amide bonds. The molecule has 0 N–H and O–H groups in total. The molecule has 2 rings (SSSR count). The summed E-state index contributed by atoms with van der Waals surface area (Å²) in [5.41, 5.74) is 0.267. The minimum absolute atomic E-state index is 0.0703.